The van der Waals surface area contributed by atoms with Gasteiger partial charge in [-0.1, -0.05) is 19.1 Å². The first-order chi connectivity index (χ1) is 11.8. The summed E-state index contributed by atoms with van der Waals surface area (Å²) in [5.74, 6) is -0.377. The molecule has 0 aliphatic carbocycles. The Kier molecular flexibility index (Phi) is 6.58. The SMILES string of the molecule is CCCS(=O)(=O)[C@H](C)C(=O)Nc1cccc(CN2CCCCC2=O)c1. The molecule has 25 heavy (non-hydrogen) atoms. The molecule has 138 valence electrons. The molecule has 1 heterocycles. The van der Waals surface area contributed by atoms with Gasteiger partial charge in [0.05, 0.1) is 5.75 Å². The molecule has 0 saturated carbocycles. The third kappa shape index (κ3) is 5.29. The van der Waals surface area contributed by atoms with Gasteiger partial charge in [-0.25, -0.2) is 8.42 Å². The number of sulfone groups is 1. The van der Waals surface area contributed by atoms with Crippen molar-refractivity contribution in [2.45, 2.75) is 51.3 Å². The molecule has 1 atom stereocenters. The van der Waals surface area contributed by atoms with Gasteiger partial charge in [-0.2, -0.15) is 0 Å². The topological polar surface area (TPSA) is 83.6 Å². The van der Waals surface area contributed by atoms with Gasteiger partial charge in [-0.15, -0.1) is 0 Å². The number of nitrogens with one attached hydrogen (secondary N) is 1. The van der Waals surface area contributed by atoms with Crippen molar-refractivity contribution in [2.75, 3.05) is 17.6 Å². The van der Waals surface area contributed by atoms with Crippen molar-refractivity contribution >= 4 is 27.3 Å². The number of likely N-dealkylation sites (tertiary alicyclic amines) is 1. The van der Waals surface area contributed by atoms with Gasteiger partial charge in [-0.3, -0.25) is 9.59 Å². The first-order valence-electron chi connectivity index (χ1n) is 8.72. The summed E-state index contributed by atoms with van der Waals surface area (Å²) >= 11 is 0. The number of amides is 2. The lowest BCUT2D eigenvalue weighted by atomic mass is 10.1. The van der Waals surface area contributed by atoms with Crippen LogP contribution in [0.4, 0.5) is 5.69 Å². The lowest BCUT2D eigenvalue weighted by Gasteiger charge is -2.27. The third-order valence-corrected chi connectivity index (χ3v) is 6.65. The van der Waals surface area contributed by atoms with E-state index in [2.05, 4.69) is 5.32 Å². The average molecular weight is 366 g/mol. The number of anilines is 1. The molecule has 1 aliphatic rings. The van der Waals surface area contributed by atoms with Gasteiger partial charge in [0.25, 0.3) is 0 Å². The van der Waals surface area contributed by atoms with E-state index >= 15 is 0 Å². The van der Waals surface area contributed by atoms with E-state index in [1.807, 2.05) is 11.0 Å². The average Bonchev–Trinajstić information content (AvgIpc) is 2.56. The van der Waals surface area contributed by atoms with E-state index in [0.29, 0.717) is 25.1 Å². The highest BCUT2D eigenvalue weighted by Crippen LogP contribution is 2.18. The van der Waals surface area contributed by atoms with Crippen LogP contribution >= 0.6 is 0 Å². The fourth-order valence-electron chi connectivity index (χ4n) is 2.87. The smallest absolute Gasteiger partial charge is 0.242 e. The van der Waals surface area contributed by atoms with Gasteiger partial charge in [0.1, 0.15) is 5.25 Å². The van der Waals surface area contributed by atoms with Crippen LogP contribution in [0.15, 0.2) is 24.3 Å². The summed E-state index contributed by atoms with van der Waals surface area (Å²) in [6.07, 6.45) is 3.02. The van der Waals surface area contributed by atoms with E-state index in [-0.39, 0.29) is 11.7 Å². The van der Waals surface area contributed by atoms with Gasteiger partial charge in [0.2, 0.25) is 11.8 Å². The molecule has 6 nitrogen and oxygen atoms in total. The van der Waals surface area contributed by atoms with Crippen molar-refractivity contribution in [3.8, 4) is 0 Å². The summed E-state index contributed by atoms with van der Waals surface area (Å²) < 4.78 is 24.0. The minimum absolute atomic E-state index is 0.00129. The molecule has 7 heteroatoms. The zero-order valence-electron chi connectivity index (χ0n) is 14.8. The number of benzene rings is 1. The Balaban J connectivity index is 2.03. The highest BCUT2D eigenvalue weighted by molar-refractivity contribution is 7.92. The number of nitrogens with zero attached hydrogens (tertiary/aromatic N) is 1. The fraction of sp³-hybridized carbons (Fsp3) is 0.556. The number of hydrogen-bond acceptors (Lipinski definition) is 4. The lowest BCUT2D eigenvalue weighted by Crippen LogP contribution is -2.35. The van der Waals surface area contributed by atoms with E-state index < -0.39 is 21.0 Å². The van der Waals surface area contributed by atoms with Crippen LogP contribution in [0.1, 0.15) is 45.1 Å². The molecule has 0 bridgehead atoms. The van der Waals surface area contributed by atoms with Crippen molar-refractivity contribution in [1.29, 1.82) is 0 Å². The Bertz CT molecular complexity index is 730. The summed E-state index contributed by atoms with van der Waals surface area (Å²) in [4.78, 5) is 26.0. The number of carbonyl (C=O) groups is 2. The van der Waals surface area contributed by atoms with Crippen LogP contribution in [0, 0.1) is 0 Å². The minimum atomic E-state index is -3.43. The van der Waals surface area contributed by atoms with Gasteiger partial charge in [-0.05, 0) is 43.9 Å². The maximum Gasteiger partial charge on any atom is 0.242 e. The van der Waals surface area contributed by atoms with Crippen LogP contribution in [0.25, 0.3) is 0 Å². The van der Waals surface area contributed by atoms with Crippen molar-refractivity contribution < 1.29 is 18.0 Å². The summed E-state index contributed by atoms with van der Waals surface area (Å²) in [6.45, 7) is 4.44. The number of piperidine rings is 1. The van der Waals surface area contributed by atoms with Crippen LogP contribution in [-0.2, 0) is 26.0 Å². The zero-order valence-corrected chi connectivity index (χ0v) is 15.6. The van der Waals surface area contributed by atoms with E-state index in [0.717, 1.165) is 24.9 Å². The van der Waals surface area contributed by atoms with Gasteiger partial charge < -0.3 is 10.2 Å². The maximum absolute atomic E-state index is 12.2. The van der Waals surface area contributed by atoms with Gasteiger partial charge in [0.15, 0.2) is 9.84 Å². The standard InChI is InChI=1S/C18H26N2O4S/c1-3-11-25(23,24)14(2)18(22)19-16-8-6-7-15(12-16)13-20-10-5-4-9-17(20)21/h6-8,12,14H,3-5,9-11,13H2,1-2H3,(H,19,22)/t14-/m1/s1. The summed E-state index contributed by atoms with van der Waals surface area (Å²) in [6, 6.07) is 7.21. The molecule has 0 radical (unpaired) electrons. The minimum Gasteiger partial charge on any atom is -0.338 e. The second-order valence-electron chi connectivity index (χ2n) is 6.47. The summed E-state index contributed by atoms with van der Waals surface area (Å²) in [5.41, 5.74) is 1.46. The lowest BCUT2D eigenvalue weighted by molar-refractivity contribution is -0.133. The zero-order chi connectivity index (χ0) is 18.4. The van der Waals surface area contributed by atoms with Crippen LogP contribution in [-0.4, -0.2) is 42.7 Å². The number of hydrogen-bond donors (Lipinski definition) is 1. The molecule has 1 aliphatic heterocycles. The second-order valence-corrected chi connectivity index (χ2v) is 8.91. The normalized spacial score (nSPS) is 16.6. The molecule has 1 N–H and O–H groups in total. The highest BCUT2D eigenvalue weighted by atomic mass is 32.2. The van der Waals surface area contributed by atoms with Crippen LogP contribution in [0.3, 0.4) is 0 Å². The van der Waals surface area contributed by atoms with Crippen molar-refractivity contribution in [3.05, 3.63) is 29.8 Å². The van der Waals surface area contributed by atoms with E-state index in [1.54, 1.807) is 25.1 Å². The Morgan fingerprint density at radius 2 is 2.08 bits per heavy atom. The Morgan fingerprint density at radius 3 is 2.76 bits per heavy atom. The van der Waals surface area contributed by atoms with Crippen molar-refractivity contribution in [2.24, 2.45) is 0 Å². The first kappa shape index (κ1) is 19.4. The van der Waals surface area contributed by atoms with Crippen molar-refractivity contribution in [3.63, 3.8) is 0 Å². The Hall–Kier alpha value is -1.89. The Morgan fingerprint density at radius 1 is 1.32 bits per heavy atom. The van der Waals surface area contributed by atoms with E-state index in [1.165, 1.54) is 6.92 Å². The highest BCUT2D eigenvalue weighted by Gasteiger charge is 2.27. The molecular weight excluding hydrogens is 340 g/mol. The van der Waals surface area contributed by atoms with E-state index in [9.17, 15) is 18.0 Å². The number of rotatable bonds is 7. The molecule has 1 saturated heterocycles. The molecular formula is C18H26N2O4S. The van der Waals surface area contributed by atoms with Crippen LogP contribution in [0.5, 0.6) is 0 Å². The number of carbonyl (C=O) groups excluding carboxylic acids is 2. The fourth-order valence-corrected chi connectivity index (χ4v) is 4.17. The molecule has 1 aromatic rings. The molecule has 1 fully saturated rings. The van der Waals surface area contributed by atoms with E-state index in [4.69, 9.17) is 0 Å². The predicted octanol–water partition coefficient (Wildman–Crippen LogP) is 2.35. The molecule has 1 aromatic carbocycles. The largest absolute Gasteiger partial charge is 0.338 e. The summed E-state index contributed by atoms with van der Waals surface area (Å²) in [7, 11) is -3.43. The summed E-state index contributed by atoms with van der Waals surface area (Å²) in [5, 5.41) is 1.59. The van der Waals surface area contributed by atoms with Gasteiger partial charge >= 0.3 is 0 Å². The second kappa shape index (κ2) is 8.47. The molecule has 0 spiro atoms. The first-order valence-corrected chi connectivity index (χ1v) is 10.4. The predicted molar refractivity (Wildman–Crippen MR) is 97.9 cm³/mol. The monoisotopic (exact) mass is 366 g/mol. The van der Waals surface area contributed by atoms with Gasteiger partial charge in [0, 0.05) is 25.2 Å². The molecule has 0 unspecified atom stereocenters. The Labute approximate surface area is 149 Å². The molecule has 2 rings (SSSR count). The third-order valence-electron chi connectivity index (χ3n) is 4.39. The molecule has 2 amide bonds. The van der Waals surface area contributed by atoms with Crippen molar-refractivity contribution in [1.82, 2.24) is 4.90 Å². The maximum atomic E-state index is 12.2. The quantitative estimate of drug-likeness (QED) is 0.803. The van der Waals surface area contributed by atoms with Crippen LogP contribution in [0.2, 0.25) is 0 Å². The molecule has 0 aromatic heterocycles. The van der Waals surface area contributed by atoms with Crippen LogP contribution < -0.4 is 5.32 Å².